The van der Waals surface area contributed by atoms with Crippen LogP contribution in [0, 0.1) is 0 Å². The third-order valence-electron chi connectivity index (χ3n) is 3.14. The number of methoxy groups -OCH3 is 1. The number of amides is 1. The minimum atomic E-state index is -0.168. The summed E-state index contributed by atoms with van der Waals surface area (Å²) in [5.74, 6) is 0.0434. The molecule has 0 spiro atoms. The summed E-state index contributed by atoms with van der Waals surface area (Å²) < 4.78 is 10.5. The van der Waals surface area contributed by atoms with Crippen LogP contribution in [0.25, 0.3) is 0 Å². The maximum Gasteiger partial charge on any atom is 0.236 e. The van der Waals surface area contributed by atoms with Crippen LogP contribution in [-0.4, -0.2) is 51.5 Å². The van der Waals surface area contributed by atoms with Crippen LogP contribution in [-0.2, 0) is 14.3 Å². The second-order valence-corrected chi connectivity index (χ2v) is 4.76. The SMILES string of the molecule is COCCCNC(=O)C(C)NCC1CCCCO1. The molecule has 5 heteroatoms. The summed E-state index contributed by atoms with van der Waals surface area (Å²) in [6.45, 7) is 4.84. The fourth-order valence-corrected chi connectivity index (χ4v) is 1.95. The molecule has 0 aromatic rings. The first kappa shape index (κ1) is 15.4. The standard InChI is InChI=1S/C13H26N2O3/c1-11(13(16)14-7-5-8-17-2)15-10-12-6-3-4-9-18-12/h11-12,15H,3-10H2,1-2H3,(H,14,16). The maximum absolute atomic E-state index is 11.7. The van der Waals surface area contributed by atoms with Gasteiger partial charge in [-0.25, -0.2) is 0 Å². The molecule has 0 bridgehead atoms. The largest absolute Gasteiger partial charge is 0.385 e. The molecule has 106 valence electrons. The predicted molar refractivity (Wildman–Crippen MR) is 70.6 cm³/mol. The average Bonchev–Trinajstić information content (AvgIpc) is 2.42. The number of rotatable bonds is 8. The van der Waals surface area contributed by atoms with Gasteiger partial charge in [0.05, 0.1) is 12.1 Å². The van der Waals surface area contributed by atoms with Crippen LogP contribution in [0.4, 0.5) is 0 Å². The highest BCUT2D eigenvalue weighted by molar-refractivity contribution is 5.81. The monoisotopic (exact) mass is 258 g/mol. The Morgan fingerprint density at radius 3 is 3.00 bits per heavy atom. The van der Waals surface area contributed by atoms with E-state index in [0.717, 1.165) is 32.4 Å². The normalized spacial score (nSPS) is 21.6. The number of ether oxygens (including phenoxy) is 2. The van der Waals surface area contributed by atoms with Crippen molar-refractivity contribution >= 4 is 5.91 Å². The summed E-state index contributed by atoms with van der Waals surface area (Å²) >= 11 is 0. The quantitative estimate of drug-likeness (QED) is 0.629. The lowest BCUT2D eigenvalue weighted by Crippen LogP contribution is -2.45. The molecule has 0 aromatic carbocycles. The summed E-state index contributed by atoms with van der Waals surface area (Å²) in [4.78, 5) is 11.7. The van der Waals surface area contributed by atoms with E-state index in [2.05, 4.69) is 10.6 Å². The number of carbonyl (C=O) groups is 1. The van der Waals surface area contributed by atoms with Crippen LogP contribution < -0.4 is 10.6 Å². The summed E-state index contributed by atoms with van der Waals surface area (Å²) in [5.41, 5.74) is 0. The van der Waals surface area contributed by atoms with Gasteiger partial charge in [0.25, 0.3) is 0 Å². The van der Waals surface area contributed by atoms with Crippen molar-refractivity contribution in [3.63, 3.8) is 0 Å². The molecule has 0 saturated carbocycles. The molecule has 5 nitrogen and oxygen atoms in total. The van der Waals surface area contributed by atoms with Gasteiger partial charge in [0, 0.05) is 33.4 Å². The van der Waals surface area contributed by atoms with E-state index < -0.39 is 0 Å². The first-order valence-electron chi connectivity index (χ1n) is 6.85. The van der Waals surface area contributed by atoms with E-state index in [4.69, 9.17) is 9.47 Å². The molecule has 1 aliphatic rings. The van der Waals surface area contributed by atoms with Crippen LogP contribution in [0.15, 0.2) is 0 Å². The Kier molecular flexibility index (Phi) is 7.96. The second-order valence-electron chi connectivity index (χ2n) is 4.76. The molecule has 1 aliphatic heterocycles. The van der Waals surface area contributed by atoms with Crippen LogP contribution in [0.3, 0.4) is 0 Å². The fraction of sp³-hybridized carbons (Fsp3) is 0.923. The first-order chi connectivity index (χ1) is 8.74. The third-order valence-corrected chi connectivity index (χ3v) is 3.14. The minimum Gasteiger partial charge on any atom is -0.385 e. The van der Waals surface area contributed by atoms with Gasteiger partial charge in [-0.15, -0.1) is 0 Å². The van der Waals surface area contributed by atoms with Crippen molar-refractivity contribution in [1.29, 1.82) is 0 Å². The Balaban J connectivity index is 2.07. The zero-order valence-corrected chi connectivity index (χ0v) is 11.5. The molecular formula is C13H26N2O3. The van der Waals surface area contributed by atoms with Crippen LogP contribution in [0.2, 0.25) is 0 Å². The fourth-order valence-electron chi connectivity index (χ4n) is 1.95. The summed E-state index contributed by atoms with van der Waals surface area (Å²) in [7, 11) is 1.66. The van der Waals surface area contributed by atoms with Gasteiger partial charge in [-0.3, -0.25) is 4.79 Å². The van der Waals surface area contributed by atoms with Gasteiger partial charge in [-0.2, -0.15) is 0 Å². The molecule has 0 aliphatic carbocycles. The number of nitrogens with one attached hydrogen (secondary N) is 2. The smallest absolute Gasteiger partial charge is 0.236 e. The Morgan fingerprint density at radius 1 is 1.50 bits per heavy atom. The molecule has 18 heavy (non-hydrogen) atoms. The van der Waals surface area contributed by atoms with Crippen molar-refractivity contribution in [2.75, 3.05) is 33.4 Å². The number of hydrogen-bond acceptors (Lipinski definition) is 4. The first-order valence-corrected chi connectivity index (χ1v) is 6.85. The van der Waals surface area contributed by atoms with E-state index in [1.807, 2.05) is 6.92 Å². The summed E-state index contributed by atoms with van der Waals surface area (Å²) in [6, 6.07) is -0.168. The van der Waals surface area contributed by atoms with Gasteiger partial charge >= 0.3 is 0 Å². The highest BCUT2D eigenvalue weighted by atomic mass is 16.5. The van der Waals surface area contributed by atoms with E-state index in [9.17, 15) is 4.79 Å². The lowest BCUT2D eigenvalue weighted by Gasteiger charge is -2.24. The molecule has 1 heterocycles. The van der Waals surface area contributed by atoms with E-state index >= 15 is 0 Å². The minimum absolute atomic E-state index is 0.0434. The van der Waals surface area contributed by atoms with E-state index in [0.29, 0.717) is 13.2 Å². The molecule has 2 unspecified atom stereocenters. The topological polar surface area (TPSA) is 59.6 Å². The zero-order chi connectivity index (χ0) is 13.2. The highest BCUT2D eigenvalue weighted by Gasteiger charge is 2.17. The molecule has 0 aromatic heterocycles. The molecule has 0 radical (unpaired) electrons. The van der Waals surface area contributed by atoms with Crippen LogP contribution in [0.1, 0.15) is 32.6 Å². The number of hydrogen-bond donors (Lipinski definition) is 2. The van der Waals surface area contributed by atoms with Crippen LogP contribution >= 0.6 is 0 Å². The Bertz CT molecular complexity index is 230. The van der Waals surface area contributed by atoms with Crippen molar-refractivity contribution in [2.24, 2.45) is 0 Å². The van der Waals surface area contributed by atoms with Crippen molar-refractivity contribution in [2.45, 2.75) is 44.8 Å². The molecule has 2 N–H and O–H groups in total. The third kappa shape index (κ3) is 6.33. The van der Waals surface area contributed by atoms with Gasteiger partial charge in [-0.1, -0.05) is 0 Å². The van der Waals surface area contributed by atoms with Gasteiger partial charge in [0.1, 0.15) is 0 Å². The Morgan fingerprint density at radius 2 is 2.33 bits per heavy atom. The molecule has 1 rings (SSSR count). The Labute approximate surface area is 110 Å². The van der Waals surface area contributed by atoms with Gasteiger partial charge in [-0.05, 0) is 32.6 Å². The van der Waals surface area contributed by atoms with Gasteiger partial charge < -0.3 is 20.1 Å². The van der Waals surface area contributed by atoms with Crippen molar-refractivity contribution in [3.05, 3.63) is 0 Å². The van der Waals surface area contributed by atoms with Crippen molar-refractivity contribution in [1.82, 2.24) is 10.6 Å². The average molecular weight is 258 g/mol. The maximum atomic E-state index is 11.7. The molecular weight excluding hydrogens is 232 g/mol. The van der Waals surface area contributed by atoms with E-state index in [-0.39, 0.29) is 18.1 Å². The molecule has 2 atom stereocenters. The predicted octanol–water partition coefficient (Wildman–Crippen LogP) is 0.686. The van der Waals surface area contributed by atoms with Gasteiger partial charge in [0.15, 0.2) is 0 Å². The lowest BCUT2D eigenvalue weighted by molar-refractivity contribution is -0.123. The van der Waals surface area contributed by atoms with E-state index in [1.54, 1.807) is 7.11 Å². The molecule has 1 saturated heterocycles. The highest BCUT2D eigenvalue weighted by Crippen LogP contribution is 2.11. The van der Waals surface area contributed by atoms with Gasteiger partial charge in [0.2, 0.25) is 5.91 Å². The lowest BCUT2D eigenvalue weighted by atomic mass is 10.1. The zero-order valence-electron chi connectivity index (χ0n) is 11.5. The van der Waals surface area contributed by atoms with Crippen molar-refractivity contribution < 1.29 is 14.3 Å². The van der Waals surface area contributed by atoms with E-state index in [1.165, 1.54) is 6.42 Å². The number of carbonyl (C=O) groups excluding carboxylic acids is 1. The second kappa shape index (κ2) is 9.30. The van der Waals surface area contributed by atoms with Crippen LogP contribution in [0.5, 0.6) is 0 Å². The molecule has 1 amide bonds. The summed E-state index contributed by atoms with van der Waals surface area (Å²) in [6.07, 6.45) is 4.59. The van der Waals surface area contributed by atoms with Crippen molar-refractivity contribution in [3.8, 4) is 0 Å². The Hall–Kier alpha value is -0.650. The molecule has 1 fully saturated rings. The summed E-state index contributed by atoms with van der Waals surface area (Å²) in [5, 5.41) is 6.11.